The fraction of sp³-hybridized carbons (Fsp3) is 0.933. The van der Waals surface area contributed by atoms with Crippen molar-refractivity contribution in [3.8, 4) is 0 Å². The summed E-state index contributed by atoms with van der Waals surface area (Å²) in [6, 6.07) is 0.470. The van der Waals surface area contributed by atoms with Crippen LogP contribution in [-0.4, -0.2) is 29.9 Å². The van der Waals surface area contributed by atoms with Gasteiger partial charge in [-0.15, -0.1) is 0 Å². The van der Waals surface area contributed by atoms with Crippen LogP contribution in [0.5, 0.6) is 0 Å². The van der Waals surface area contributed by atoms with Gasteiger partial charge in [-0.05, 0) is 50.5 Å². The standard InChI is InChI=1S/C15H28N2O/c1-15(2)9-3-8-13(15)14(18)17-11-5-7-12(17)6-4-10-16/h12-13H,3-11,16H2,1-2H3. The average molecular weight is 252 g/mol. The molecule has 1 saturated carbocycles. The van der Waals surface area contributed by atoms with Gasteiger partial charge in [0.2, 0.25) is 5.91 Å². The molecule has 3 heteroatoms. The van der Waals surface area contributed by atoms with Crippen LogP contribution >= 0.6 is 0 Å². The SMILES string of the molecule is CC1(C)CCCC1C(=O)N1CCCC1CCCN. The maximum absolute atomic E-state index is 12.7. The zero-order chi connectivity index (χ0) is 13.2. The van der Waals surface area contributed by atoms with Crippen molar-refractivity contribution in [3.05, 3.63) is 0 Å². The van der Waals surface area contributed by atoms with Gasteiger partial charge >= 0.3 is 0 Å². The molecule has 0 aromatic carbocycles. The van der Waals surface area contributed by atoms with Crippen LogP contribution in [0, 0.1) is 11.3 Å². The van der Waals surface area contributed by atoms with E-state index in [9.17, 15) is 4.79 Å². The van der Waals surface area contributed by atoms with E-state index in [4.69, 9.17) is 5.73 Å². The summed E-state index contributed by atoms with van der Waals surface area (Å²) in [6.45, 7) is 6.23. The molecule has 104 valence electrons. The van der Waals surface area contributed by atoms with Gasteiger partial charge in [0, 0.05) is 18.5 Å². The van der Waals surface area contributed by atoms with Gasteiger partial charge in [0.05, 0.1) is 0 Å². The number of likely N-dealkylation sites (tertiary alicyclic amines) is 1. The van der Waals surface area contributed by atoms with Gasteiger partial charge in [0.1, 0.15) is 0 Å². The Hall–Kier alpha value is -0.570. The molecular formula is C15H28N2O. The molecule has 2 atom stereocenters. The lowest BCUT2D eigenvalue weighted by Gasteiger charge is -2.33. The van der Waals surface area contributed by atoms with E-state index < -0.39 is 0 Å². The van der Waals surface area contributed by atoms with Gasteiger partial charge in [-0.3, -0.25) is 4.79 Å². The number of rotatable bonds is 4. The second-order valence-corrected chi connectivity index (χ2v) is 6.69. The molecule has 3 nitrogen and oxygen atoms in total. The average Bonchev–Trinajstić information content (AvgIpc) is 2.91. The highest BCUT2D eigenvalue weighted by atomic mass is 16.2. The van der Waals surface area contributed by atoms with E-state index in [1.165, 1.54) is 25.7 Å². The Morgan fingerprint density at radius 3 is 2.72 bits per heavy atom. The lowest BCUT2D eigenvalue weighted by Crippen LogP contribution is -2.42. The van der Waals surface area contributed by atoms with E-state index in [1.54, 1.807) is 0 Å². The minimum absolute atomic E-state index is 0.206. The molecule has 2 aliphatic rings. The van der Waals surface area contributed by atoms with E-state index in [0.29, 0.717) is 11.9 Å². The molecule has 1 amide bonds. The number of hydrogen-bond acceptors (Lipinski definition) is 2. The normalized spacial score (nSPS) is 30.9. The summed E-state index contributed by atoms with van der Waals surface area (Å²) in [4.78, 5) is 14.9. The van der Waals surface area contributed by atoms with Crippen molar-refractivity contribution in [1.29, 1.82) is 0 Å². The number of amides is 1. The predicted octanol–water partition coefficient (Wildman–Crippen LogP) is 2.54. The van der Waals surface area contributed by atoms with Crippen molar-refractivity contribution in [2.75, 3.05) is 13.1 Å². The summed E-state index contributed by atoms with van der Waals surface area (Å²) in [5, 5.41) is 0. The minimum Gasteiger partial charge on any atom is -0.339 e. The maximum atomic E-state index is 12.7. The minimum atomic E-state index is 0.206. The van der Waals surface area contributed by atoms with Crippen molar-refractivity contribution in [1.82, 2.24) is 4.90 Å². The third-order valence-electron chi connectivity index (χ3n) is 4.96. The largest absolute Gasteiger partial charge is 0.339 e. The molecule has 2 rings (SSSR count). The van der Waals surface area contributed by atoms with Gasteiger partial charge in [0.15, 0.2) is 0 Å². The third kappa shape index (κ3) is 2.71. The summed E-state index contributed by atoms with van der Waals surface area (Å²) < 4.78 is 0. The molecule has 1 heterocycles. The highest BCUT2D eigenvalue weighted by Crippen LogP contribution is 2.44. The van der Waals surface area contributed by atoms with Crippen LogP contribution in [0.1, 0.15) is 58.8 Å². The van der Waals surface area contributed by atoms with Gasteiger partial charge in [-0.1, -0.05) is 20.3 Å². The van der Waals surface area contributed by atoms with Crippen LogP contribution in [0.15, 0.2) is 0 Å². The van der Waals surface area contributed by atoms with E-state index in [2.05, 4.69) is 18.7 Å². The van der Waals surface area contributed by atoms with Crippen molar-refractivity contribution in [3.63, 3.8) is 0 Å². The second kappa shape index (κ2) is 5.60. The van der Waals surface area contributed by atoms with Gasteiger partial charge < -0.3 is 10.6 Å². The first-order valence-corrected chi connectivity index (χ1v) is 7.57. The molecular weight excluding hydrogens is 224 g/mol. The number of carbonyl (C=O) groups excluding carboxylic acids is 1. The number of nitrogens with two attached hydrogens (primary N) is 1. The summed E-state index contributed by atoms with van der Waals surface area (Å²) in [5.74, 6) is 0.688. The van der Waals surface area contributed by atoms with Crippen LogP contribution in [0.25, 0.3) is 0 Å². The zero-order valence-electron chi connectivity index (χ0n) is 12.0. The first-order valence-electron chi connectivity index (χ1n) is 7.57. The molecule has 1 aliphatic carbocycles. The molecule has 2 unspecified atom stereocenters. The Morgan fingerprint density at radius 1 is 1.33 bits per heavy atom. The Balaban J connectivity index is 1.99. The fourth-order valence-corrected chi connectivity index (χ4v) is 3.76. The summed E-state index contributed by atoms with van der Waals surface area (Å²) in [5.41, 5.74) is 5.80. The van der Waals surface area contributed by atoms with Crippen LogP contribution in [0.3, 0.4) is 0 Å². The summed E-state index contributed by atoms with van der Waals surface area (Å²) >= 11 is 0. The third-order valence-corrected chi connectivity index (χ3v) is 4.96. The highest BCUT2D eigenvalue weighted by molar-refractivity contribution is 5.80. The van der Waals surface area contributed by atoms with E-state index in [0.717, 1.165) is 32.4 Å². The first kappa shape index (κ1) is 13.9. The molecule has 2 fully saturated rings. The van der Waals surface area contributed by atoms with Crippen molar-refractivity contribution < 1.29 is 4.79 Å². The van der Waals surface area contributed by atoms with Gasteiger partial charge in [0.25, 0.3) is 0 Å². The fourth-order valence-electron chi connectivity index (χ4n) is 3.76. The van der Waals surface area contributed by atoms with E-state index >= 15 is 0 Å². The Bertz CT molecular complexity index is 301. The monoisotopic (exact) mass is 252 g/mol. The van der Waals surface area contributed by atoms with Crippen molar-refractivity contribution >= 4 is 5.91 Å². The summed E-state index contributed by atoms with van der Waals surface area (Å²) in [6.07, 6.45) is 7.99. The molecule has 0 aromatic rings. The molecule has 1 saturated heterocycles. The lowest BCUT2D eigenvalue weighted by atomic mass is 9.81. The summed E-state index contributed by atoms with van der Waals surface area (Å²) in [7, 11) is 0. The molecule has 18 heavy (non-hydrogen) atoms. The first-order chi connectivity index (χ1) is 8.56. The van der Waals surface area contributed by atoms with Crippen molar-refractivity contribution in [2.24, 2.45) is 17.1 Å². The second-order valence-electron chi connectivity index (χ2n) is 6.69. The number of hydrogen-bond donors (Lipinski definition) is 1. The smallest absolute Gasteiger partial charge is 0.226 e. The predicted molar refractivity (Wildman–Crippen MR) is 74.1 cm³/mol. The molecule has 2 N–H and O–H groups in total. The van der Waals surface area contributed by atoms with Crippen LogP contribution in [0.2, 0.25) is 0 Å². The molecule has 0 spiro atoms. The molecule has 0 radical (unpaired) electrons. The van der Waals surface area contributed by atoms with Gasteiger partial charge in [-0.2, -0.15) is 0 Å². The maximum Gasteiger partial charge on any atom is 0.226 e. The molecule has 1 aliphatic heterocycles. The quantitative estimate of drug-likeness (QED) is 0.835. The van der Waals surface area contributed by atoms with Crippen LogP contribution in [0.4, 0.5) is 0 Å². The lowest BCUT2D eigenvalue weighted by molar-refractivity contribution is -0.139. The van der Waals surface area contributed by atoms with Crippen LogP contribution < -0.4 is 5.73 Å². The molecule has 0 bridgehead atoms. The number of nitrogens with zero attached hydrogens (tertiary/aromatic N) is 1. The molecule has 0 aromatic heterocycles. The zero-order valence-corrected chi connectivity index (χ0v) is 12.0. The van der Waals surface area contributed by atoms with Crippen molar-refractivity contribution in [2.45, 2.75) is 64.8 Å². The van der Waals surface area contributed by atoms with E-state index in [1.807, 2.05) is 0 Å². The Morgan fingerprint density at radius 2 is 2.11 bits per heavy atom. The van der Waals surface area contributed by atoms with Gasteiger partial charge in [-0.25, -0.2) is 0 Å². The Labute approximate surface area is 111 Å². The van der Waals surface area contributed by atoms with Crippen LogP contribution in [-0.2, 0) is 4.79 Å². The highest BCUT2D eigenvalue weighted by Gasteiger charge is 2.43. The van der Waals surface area contributed by atoms with E-state index in [-0.39, 0.29) is 11.3 Å². The topological polar surface area (TPSA) is 46.3 Å². The Kier molecular flexibility index (Phi) is 4.31. The number of carbonyl (C=O) groups is 1.